The first-order valence-electron chi connectivity index (χ1n) is 10.1. The predicted octanol–water partition coefficient (Wildman–Crippen LogP) is 7.01. The number of nitrogens with zero attached hydrogens (tertiary/aromatic N) is 3. The van der Waals surface area contributed by atoms with Gasteiger partial charge in [0, 0.05) is 16.3 Å². The van der Waals surface area contributed by atoms with Crippen molar-refractivity contribution in [1.29, 1.82) is 0 Å². The van der Waals surface area contributed by atoms with Crippen LogP contribution < -0.4 is 4.74 Å². The number of hydrogen-bond acceptors (Lipinski definition) is 4. The molecule has 0 radical (unpaired) electrons. The standard InChI is InChI=1S/C25H24ClN3OS/c1-17(2)21-9-5-7-11-23(21)29-24(18-12-14-20(30-3)15-13-18)27-28-25(29)31-16-19-8-4-6-10-22(19)26/h4-15,17H,16H2,1-3H3. The number of methoxy groups -OCH3 is 1. The van der Waals surface area contributed by atoms with Crippen LogP contribution in [0.4, 0.5) is 0 Å². The highest BCUT2D eigenvalue weighted by atomic mass is 35.5. The zero-order valence-corrected chi connectivity index (χ0v) is 19.3. The molecular formula is C25H24ClN3OS. The van der Waals surface area contributed by atoms with Gasteiger partial charge in [0.1, 0.15) is 5.75 Å². The molecule has 0 aliphatic heterocycles. The lowest BCUT2D eigenvalue weighted by atomic mass is 10.0. The third-order valence-corrected chi connectivity index (χ3v) is 6.44. The Morgan fingerprint density at radius 3 is 2.35 bits per heavy atom. The van der Waals surface area contributed by atoms with Gasteiger partial charge in [-0.15, -0.1) is 10.2 Å². The Balaban J connectivity index is 1.80. The Labute approximate surface area is 192 Å². The van der Waals surface area contributed by atoms with Crippen LogP contribution >= 0.6 is 23.4 Å². The van der Waals surface area contributed by atoms with Gasteiger partial charge in [0.2, 0.25) is 0 Å². The van der Waals surface area contributed by atoms with E-state index in [9.17, 15) is 0 Å². The fraction of sp³-hybridized carbons (Fsp3) is 0.200. The van der Waals surface area contributed by atoms with E-state index in [4.69, 9.17) is 16.3 Å². The van der Waals surface area contributed by atoms with Crippen molar-refractivity contribution in [3.63, 3.8) is 0 Å². The van der Waals surface area contributed by atoms with Crippen molar-refractivity contribution in [2.75, 3.05) is 7.11 Å². The van der Waals surface area contributed by atoms with E-state index >= 15 is 0 Å². The number of ether oxygens (including phenoxy) is 1. The number of para-hydroxylation sites is 1. The molecule has 1 aromatic heterocycles. The minimum atomic E-state index is 0.365. The van der Waals surface area contributed by atoms with Gasteiger partial charge in [0.15, 0.2) is 11.0 Å². The SMILES string of the molecule is COc1ccc(-c2nnc(SCc3ccccc3Cl)n2-c2ccccc2C(C)C)cc1. The van der Waals surface area contributed by atoms with Crippen LogP contribution in [0.25, 0.3) is 17.1 Å². The van der Waals surface area contributed by atoms with E-state index in [0.717, 1.165) is 38.6 Å². The average Bonchev–Trinajstić information content (AvgIpc) is 3.22. The molecule has 0 N–H and O–H groups in total. The maximum Gasteiger partial charge on any atom is 0.196 e. The predicted molar refractivity (Wildman–Crippen MR) is 128 cm³/mol. The number of benzene rings is 3. The number of rotatable bonds is 7. The Bertz CT molecular complexity index is 1170. The monoisotopic (exact) mass is 449 g/mol. The van der Waals surface area contributed by atoms with Crippen molar-refractivity contribution in [3.8, 4) is 22.8 Å². The molecule has 0 atom stereocenters. The van der Waals surface area contributed by atoms with Crippen molar-refractivity contribution in [2.24, 2.45) is 0 Å². The number of hydrogen-bond donors (Lipinski definition) is 0. The van der Waals surface area contributed by atoms with E-state index in [1.807, 2.05) is 48.5 Å². The molecular weight excluding hydrogens is 426 g/mol. The van der Waals surface area contributed by atoms with E-state index in [2.05, 4.69) is 52.9 Å². The van der Waals surface area contributed by atoms with Crippen molar-refractivity contribution >= 4 is 23.4 Å². The van der Waals surface area contributed by atoms with E-state index in [1.165, 1.54) is 5.56 Å². The molecule has 0 saturated heterocycles. The Kier molecular flexibility index (Phi) is 6.64. The minimum absolute atomic E-state index is 0.365. The second-order valence-corrected chi connectivity index (χ2v) is 8.81. The second kappa shape index (κ2) is 9.58. The molecule has 4 aromatic rings. The Morgan fingerprint density at radius 2 is 1.65 bits per heavy atom. The normalized spacial score (nSPS) is 11.1. The lowest BCUT2D eigenvalue weighted by Gasteiger charge is -2.17. The topological polar surface area (TPSA) is 39.9 Å². The van der Waals surface area contributed by atoms with Gasteiger partial charge in [-0.3, -0.25) is 4.57 Å². The maximum absolute atomic E-state index is 6.38. The summed E-state index contributed by atoms with van der Waals surface area (Å²) in [7, 11) is 1.67. The van der Waals surface area contributed by atoms with Crippen LogP contribution in [0.5, 0.6) is 5.75 Å². The van der Waals surface area contributed by atoms with Gasteiger partial charge in [-0.25, -0.2) is 0 Å². The van der Waals surface area contributed by atoms with E-state index in [0.29, 0.717) is 11.7 Å². The molecule has 1 heterocycles. The summed E-state index contributed by atoms with van der Waals surface area (Å²) in [5, 5.41) is 10.7. The fourth-order valence-corrected chi connectivity index (χ4v) is 4.68. The molecule has 0 fully saturated rings. The molecule has 0 spiro atoms. The molecule has 158 valence electrons. The fourth-order valence-electron chi connectivity index (χ4n) is 3.44. The molecule has 0 aliphatic carbocycles. The summed E-state index contributed by atoms with van der Waals surface area (Å²) in [5.41, 5.74) is 4.40. The van der Waals surface area contributed by atoms with E-state index in [-0.39, 0.29) is 0 Å². The van der Waals surface area contributed by atoms with E-state index < -0.39 is 0 Å². The van der Waals surface area contributed by atoms with Gasteiger partial charge < -0.3 is 4.74 Å². The molecule has 0 amide bonds. The maximum atomic E-state index is 6.38. The summed E-state index contributed by atoms with van der Waals surface area (Å²) < 4.78 is 7.47. The van der Waals surface area contributed by atoms with Gasteiger partial charge in [-0.1, -0.05) is 73.6 Å². The lowest BCUT2D eigenvalue weighted by molar-refractivity contribution is 0.415. The highest BCUT2D eigenvalue weighted by Gasteiger charge is 2.19. The number of thioether (sulfide) groups is 1. The number of halogens is 1. The van der Waals surface area contributed by atoms with Crippen molar-refractivity contribution in [1.82, 2.24) is 14.8 Å². The van der Waals surface area contributed by atoms with Gasteiger partial charge in [0.25, 0.3) is 0 Å². The average molecular weight is 450 g/mol. The smallest absolute Gasteiger partial charge is 0.196 e. The first-order chi connectivity index (χ1) is 15.1. The molecule has 0 bridgehead atoms. The Hall–Kier alpha value is -2.76. The van der Waals surface area contributed by atoms with Crippen molar-refractivity contribution in [3.05, 3.63) is 88.9 Å². The molecule has 0 aliphatic rings. The zero-order chi connectivity index (χ0) is 21.8. The second-order valence-electron chi connectivity index (χ2n) is 7.46. The van der Waals surface area contributed by atoms with Crippen LogP contribution in [0.15, 0.2) is 78.0 Å². The summed E-state index contributed by atoms with van der Waals surface area (Å²) in [6.45, 7) is 4.40. The minimum Gasteiger partial charge on any atom is -0.497 e. The largest absolute Gasteiger partial charge is 0.497 e. The first kappa shape index (κ1) is 21.5. The summed E-state index contributed by atoms with van der Waals surface area (Å²) in [4.78, 5) is 0. The molecule has 31 heavy (non-hydrogen) atoms. The van der Waals surface area contributed by atoms with Crippen LogP contribution in [-0.2, 0) is 5.75 Å². The molecule has 4 nitrogen and oxygen atoms in total. The Morgan fingerprint density at radius 1 is 0.935 bits per heavy atom. The molecule has 6 heteroatoms. The van der Waals surface area contributed by atoms with Crippen molar-refractivity contribution in [2.45, 2.75) is 30.7 Å². The van der Waals surface area contributed by atoms with Gasteiger partial charge >= 0.3 is 0 Å². The molecule has 3 aromatic carbocycles. The molecule has 0 saturated carbocycles. The summed E-state index contributed by atoms with van der Waals surface area (Å²) in [6, 6.07) is 24.3. The lowest BCUT2D eigenvalue weighted by Crippen LogP contribution is -2.05. The number of aromatic nitrogens is 3. The van der Waals surface area contributed by atoms with Crippen LogP contribution in [0, 0.1) is 0 Å². The quantitative estimate of drug-likeness (QED) is 0.284. The van der Waals surface area contributed by atoms with Gasteiger partial charge in [-0.05, 0) is 53.4 Å². The van der Waals surface area contributed by atoms with Gasteiger partial charge in [0.05, 0.1) is 12.8 Å². The van der Waals surface area contributed by atoms with E-state index in [1.54, 1.807) is 18.9 Å². The summed E-state index contributed by atoms with van der Waals surface area (Å²) in [5.74, 6) is 2.69. The van der Waals surface area contributed by atoms with Crippen LogP contribution in [0.3, 0.4) is 0 Å². The summed E-state index contributed by atoms with van der Waals surface area (Å²) in [6.07, 6.45) is 0. The molecule has 0 unspecified atom stereocenters. The highest BCUT2D eigenvalue weighted by molar-refractivity contribution is 7.98. The third kappa shape index (κ3) is 4.63. The van der Waals surface area contributed by atoms with Crippen molar-refractivity contribution < 1.29 is 4.74 Å². The van der Waals surface area contributed by atoms with Crippen LogP contribution in [0.2, 0.25) is 5.02 Å². The zero-order valence-electron chi connectivity index (χ0n) is 17.7. The summed E-state index contributed by atoms with van der Waals surface area (Å²) >= 11 is 8.01. The third-order valence-electron chi connectivity index (χ3n) is 5.10. The highest BCUT2D eigenvalue weighted by Crippen LogP contribution is 2.34. The first-order valence-corrected chi connectivity index (χ1v) is 11.5. The van der Waals surface area contributed by atoms with Crippen LogP contribution in [0.1, 0.15) is 30.9 Å². The molecule has 4 rings (SSSR count). The van der Waals surface area contributed by atoms with Crippen LogP contribution in [-0.4, -0.2) is 21.9 Å². The van der Waals surface area contributed by atoms with Gasteiger partial charge in [-0.2, -0.15) is 0 Å².